The van der Waals surface area contributed by atoms with Gasteiger partial charge in [0.25, 0.3) is 0 Å². The van der Waals surface area contributed by atoms with Crippen LogP contribution in [0.5, 0.6) is 11.5 Å². The summed E-state index contributed by atoms with van der Waals surface area (Å²) in [5, 5.41) is 4.07. The third-order valence-electron chi connectivity index (χ3n) is 5.70. The van der Waals surface area contributed by atoms with Crippen molar-refractivity contribution in [3.05, 3.63) is 64.9 Å². The Kier molecular flexibility index (Phi) is 5.79. The van der Waals surface area contributed by atoms with E-state index in [0.29, 0.717) is 12.3 Å². The number of fused-ring (bicyclic) bond motifs is 3. The summed E-state index contributed by atoms with van der Waals surface area (Å²) in [5.41, 5.74) is 4.84. The molecule has 1 N–H and O–H groups in total. The van der Waals surface area contributed by atoms with E-state index in [1.165, 1.54) is 18.4 Å². The van der Waals surface area contributed by atoms with Crippen LogP contribution in [0.25, 0.3) is 16.5 Å². The minimum atomic E-state index is -0.158. The summed E-state index contributed by atoms with van der Waals surface area (Å²) in [7, 11) is 3.27. The fraction of sp³-hybridized carbons (Fsp3) is 0.320. The van der Waals surface area contributed by atoms with Gasteiger partial charge in [-0.25, -0.2) is 0 Å². The van der Waals surface area contributed by atoms with Gasteiger partial charge in [0, 0.05) is 47.2 Å². The highest BCUT2D eigenvalue weighted by molar-refractivity contribution is 5.97. The van der Waals surface area contributed by atoms with Crippen LogP contribution in [-0.2, 0) is 24.2 Å². The molecule has 1 aliphatic rings. The standard InChI is InChI=1S/C25H27NO4/c1-16(12-25(27)26-15-17-8-4-6-10-21(17)28-2)19-13-20-18-9-5-7-11-22(18)30-24(20)14-23(19)29-3/h4,6,8,10,12-14H,5,7,9,11,15H2,1-3H3,(H,26,27)/b16-12+. The van der Waals surface area contributed by atoms with Gasteiger partial charge in [-0.15, -0.1) is 0 Å². The summed E-state index contributed by atoms with van der Waals surface area (Å²) < 4.78 is 17.0. The third kappa shape index (κ3) is 3.92. The third-order valence-corrected chi connectivity index (χ3v) is 5.70. The van der Waals surface area contributed by atoms with Gasteiger partial charge in [-0.2, -0.15) is 0 Å². The van der Waals surface area contributed by atoms with Gasteiger partial charge in [-0.1, -0.05) is 18.2 Å². The van der Waals surface area contributed by atoms with Crippen LogP contribution in [0.1, 0.15) is 42.2 Å². The number of allylic oxidation sites excluding steroid dienone is 1. The Morgan fingerprint density at radius 1 is 1.10 bits per heavy atom. The number of hydrogen-bond acceptors (Lipinski definition) is 4. The van der Waals surface area contributed by atoms with Crippen LogP contribution in [0, 0.1) is 0 Å². The van der Waals surface area contributed by atoms with Crippen molar-refractivity contribution >= 4 is 22.4 Å². The first-order chi connectivity index (χ1) is 14.6. The Bertz CT molecular complexity index is 1110. The summed E-state index contributed by atoms with van der Waals surface area (Å²) in [6.45, 7) is 2.33. The smallest absolute Gasteiger partial charge is 0.244 e. The number of nitrogens with one attached hydrogen (secondary N) is 1. The number of aryl methyl sites for hydroxylation is 2. The molecule has 1 aromatic heterocycles. The highest BCUT2D eigenvalue weighted by atomic mass is 16.5. The lowest BCUT2D eigenvalue weighted by atomic mass is 9.94. The Balaban J connectivity index is 1.58. The molecule has 0 radical (unpaired) electrons. The predicted molar refractivity (Wildman–Crippen MR) is 118 cm³/mol. The van der Waals surface area contributed by atoms with Crippen LogP contribution in [0.3, 0.4) is 0 Å². The number of carbonyl (C=O) groups is 1. The molecule has 156 valence electrons. The Labute approximate surface area is 176 Å². The van der Waals surface area contributed by atoms with E-state index in [-0.39, 0.29) is 5.91 Å². The monoisotopic (exact) mass is 405 g/mol. The normalized spacial score (nSPS) is 13.8. The number of ether oxygens (including phenoxy) is 2. The molecular weight excluding hydrogens is 378 g/mol. The predicted octanol–water partition coefficient (Wildman–Crippen LogP) is 5.05. The molecule has 5 heteroatoms. The average molecular weight is 405 g/mol. The lowest BCUT2D eigenvalue weighted by molar-refractivity contribution is -0.116. The molecule has 1 heterocycles. The van der Waals surface area contributed by atoms with Crippen molar-refractivity contribution in [3.8, 4) is 11.5 Å². The molecule has 5 nitrogen and oxygen atoms in total. The Morgan fingerprint density at radius 2 is 1.87 bits per heavy atom. The van der Waals surface area contributed by atoms with Crippen molar-refractivity contribution in [2.75, 3.05) is 14.2 Å². The average Bonchev–Trinajstić information content (AvgIpc) is 3.14. The molecule has 3 aromatic rings. The van der Waals surface area contributed by atoms with Gasteiger partial charge in [0.05, 0.1) is 14.2 Å². The van der Waals surface area contributed by atoms with Crippen LogP contribution in [0.4, 0.5) is 0 Å². The van der Waals surface area contributed by atoms with Gasteiger partial charge in [0.1, 0.15) is 22.8 Å². The molecular formula is C25H27NO4. The summed E-state index contributed by atoms with van der Waals surface area (Å²) in [6, 6.07) is 11.7. The number of benzene rings is 2. The van der Waals surface area contributed by atoms with E-state index >= 15 is 0 Å². The van der Waals surface area contributed by atoms with Gasteiger partial charge < -0.3 is 19.2 Å². The minimum absolute atomic E-state index is 0.158. The van der Waals surface area contributed by atoms with Crippen molar-refractivity contribution in [2.45, 2.75) is 39.2 Å². The van der Waals surface area contributed by atoms with E-state index in [4.69, 9.17) is 13.9 Å². The van der Waals surface area contributed by atoms with Crippen LogP contribution < -0.4 is 14.8 Å². The number of methoxy groups -OCH3 is 2. The highest BCUT2D eigenvalue weighted by Gasteiger charge is 2.20. The zero-order valence-corrected chi connectivity index (χ0v) is 17.7. The largest absolute Gasteiger partial charge is 0.496 e. The van der Waals surface area contributed by atoms with Crippen molar-refractivity contribution in [2.24, 2.45) is 0 Å². The lowest BCUT2D eigenvalue weighted by Gasteiger charge is -2.11. The van der Waals surface area contributed by atoms with Gasteiger partial charge in [0.15, 0.2) is 0 Å². The number of amides is 1. The van der Waals surface area contributed by atoms with Crippen molar-refractivity contribution < 1.29 is 18.7 Å². The molecule has 0 spiro atoms. The first kappa shape index (κ1) is 20.1. The molecule has 0 aliphatic heterocycles. The fourth-order valence-electron chi connectivity index (χ4n) is 4.12. The molecule has 0 fully saturated rings. The summed E-state index contributed by atoms with van der Waals surface area (Å²) in [4.78, 5) is 12.6. The molecule has 0 saturated carbocycles. The zero-order chi connectivity index (χ0) is 21.1. The van der Waals surface area contributed by atoms with E-state index in [1.54, 1.807) is 20.3 Å². The second-order valence-electron chi connectivity index (χ2n) is 7.62. The molecule has 4 rings (SSSR count). The topological polar surface area (TPSA) is 60.7 Å². The summed E-state index contributed by atoms with van der Waals surface area (Å²) >= 11 is 0. The Hall–Kier alpha value is -3.21. The van der Waals surface area contributed by atoms with E-state index < -0.39 is 0 Å². The fourth-order valence-corrected chi connectivity index (χ4v) is 4.12. The van der Waals surface area contributed by atoms with Crippen LogP contribution in [-0.4, -0.2) is 20.1 Å². The minimum Gasteiger partial charge on any atom is -0.496 e. The SMILES string of the molecule is COc1ccccc1CNC(=O)/C=C(\C)c1cc2c3c(oc2cc1OC)CCCC3. The first-order valence-corrected chi connectivity index (χ1v) is 10.3. The molecule has 0 atom stereocenters. The van der Waals surface area contributed by atoms with Gasteiger partial charge in [0.2, 0.25) is 5.91 Å². The van der Waals surface area contributed by atoms with Crippen molar-refractivity contribution in [1.82, 2.24) is 5.32 Å². The maximum Gasteiger partial charge on any atom is 0.244 e. The first-order valence-electron chi connectivity index (χ1n) is 10.3. The van der Waals surface area contributed by atoms with Gasteiger partial charge >= 0.3 is 0 Å². The quantitative estimate of drug-likeness (QED) is 0.583. The van der Waals surface area contributed by atoms with Crippen LogP contribution in [0.2, 0.25) is 0 Å². The number of furan rings is 1. The van der Waals surface area contributed by atoms with Crippen molar-refractivity contribution in [1.29, 1.82) is 0 Å². The van der Waals surface area contributed by atoms with Gasteiger partial charge in [-0.3, -0.25) is 4.79 Å². The summed E-state index contributed by atoms with van der Waals surface area (Å²) in [5.74, 6) is 2.40. The van der Waals surface area contributed by atoms with Gasteiger partial charge in [-0.05, 0) is 43.9 Å². The van der Waals surface area contributed by atoms with E-state index in [2.05, 4.69) is 11.4 Å². The lowest BCUT2D eigenvalue weighted by Crippen LogP contribution is -2.21. The molecule has 0 saturated heterocycles. The van der Waals surface area contributed by atoms with Crippen LogP contribution in [0.15, 0.2) is 46.9 Å². The van der Waals surface area contributed by atoms with Crippen molar-refractivity contribution in [3.63, 3.8) is 0 Å². The molecule has 0 unspecified atom stereocenters. The molecule has 30 heavy (non-hydrogen) atoms. The Morgan fingerprint density at radius 3 is 2.67 bits per heavy atom. The second-order valence-corrected chi connectivity index (χ2v) is 7.62. The maximum absolute atomic E-state index is 12.6. The number of hydrogen-bond donors (Lipinski definition) is 1. The second kappa shape index (κ2) is 8.66. The summed E-state index contributed by atoms with van der Waals surface area (Å²) in [6.07, 6.45) is 6.00. The number of carbonyl (C=O) groups excluding carboxylic acids is 1. The molecule has 1 amide bonds. The molecule has 2 aromatic carbocycles. The number of para-hydroxylation sites is 1. The van der Waals surface area contributed by atoms with E-state index in [9.17, 15) is 4.79 Å². The molecule has 0 bridgehead atoms. The van der Waals surface area contributed by atoms with E-state index in [1.807, 2.05) is 37.3 Å². The van der Waals surface area contributed by atoms with E-state index in [0.717, 1.165) is 52.0 Å². The highest BCUT2D eigenvalue weighted by Crippen LogP contribution is 2.37. The van der Waals surface area contributed by atoms with Crippen LogP contribution >= 0.6 is 0 Å². The zero-order valence-electron chi connectivity index (χ0n) is 17.7. The molecule has 1 aliphatic carbocycles. The number of rotatable bonds is 6. The maximum atomic E-state index is 12.6.